The van der Waals surface area contributed by atoms with Crippen molar-refractivity contribution >= 4 is 17.2 Å². The summed E-state index contributed by atoms with van der Waals surface area (Å²) in [6.45, 7) is 1.91. The third-order valence-corrected chi connectivity index (χ3v) is 2.98. The van der Waals surface area contributed by atoms with E-state index in [2.05, 4.69) is 25.2 Å². The maximum absolute atomic E-state index is 11.8. The van der Waals surface area contributed by atoms with Gasteiger partial charge in [0.05, 0.1) is 14.2 Å². The molecule has 2 N–H and O–H groups in total. The van der Waals surface area contributed by atoms with Crippen molar-refractivity contribution in [3.8, 4) is 17.8 Å². The highest BCUT2D eigenvalue weighted by molar-refractivity contribution is 7.78. The molecule has 0 aliphatic heterocycles. The zero-order valence-electron chi connectivity index (χ0n) is 12.2. The molecule has 0 amide bonds. The van der Waals surface area contributed by atoms with Crippen LogP contribution in [0.4, 0.5) is 5.95 Å². The van der Waals surface area contributed by atoms with E-state index in [1.807, 2.05) is 13.0 Å². The fraction of sp³-hybridized carbons (Fsp3) is 0.250. The van der Waals surface area contributed by atoms with Gasteiger partial charge in [-0.15, -0.1) is 9.82 Å². The Balaban J connectivity index is 1.96. The van der Waals surface area contributed by atoms with Gasteiger partial charge in [0.1, 0.15) is 5.75 Å². The van der Waals surface area contributed by atoms with Crippen LogP contribution in [0, 0.1) is 6.92 Å². The van der Waals surface area contributed by atoms with Crippen LogP contribution in [0.25, 0.3) is 0 Å². The molecule has 0 bridgehead atoms. The molecule has 22 heavy (non-hydrogen) atoms. The van der Waals surface area contributed by atoms with Crippen molar-refractivity contribution in [1.82, 2.24) is 19.8 Å². The molecule has 0 aliphatic carbocycles. The van der Waals surface area contributed by atoms with Gasteiger partial charge in [0, 0.05) is 0 Å². The molecule has 0 fully saturated rings. The van der Waals surface area contributed by atoms with Crippen molar-refractivity contribution < 1.29 is 17.9 Å². The van der Waals surface area contributed by atoms with Gasteiger partial charge in [-0.3, -0.25) is 5.43 Å². The second kappa shape index (κ2) is 7.52. The minimum Gasteiger partial charge on any atom is -0.467 e. The van der Waals surface area contributed by atoms with Crippen LogP contribution in [0.1, 0.15) is 5.56 Å². The van der Waals surface area contributed by atoms with Gasteiger partial charge < -0.3 is 13.7 Å². The Bertz CT molecular complexity index is 647. The van der Waals surface area contributed by atoms with E-state index in [1.165, 1.54) is 14.2 Å². The van der Waals surface area contributed by atoms with Crippen LogP contribution in [0.3, 0.4) is 0 Å². The number of nitrogens with zero attached hydrogens (tertiary/aromatic N) is 3. The predicted octanol–water partition coefficient (Wildman–Crippen LogP) is 0.771. The highest BCUT2D eigenvalue weighted by Crippen LogP contribution is 2.14. The number of hydrogen-bond donors (Lipinski definition) is 2. The van der Waals surface area contributed by atoms with Crippen LogP contribution < -0.4 is 23.9 Å². The van der Waals surface area contributed by atoms with Gasteiger partial charge in [0.25, 0.3) is 0 Å². The van der Waals surface area contributed by atoms with Crippen LogP contribution in [-0.4, -0.2) is 33.4 Å². The molecule has 1 aromatic carbocycles. The number of ether oxygens (including phenoxy) is 2. The lowest BCUT2D eigenvalue weighted by Gasteiger charge is -2.09. The standard InChI is InChI=1S/C12H15N5O4S/c1-8-5-4-6-9(7-8)21-22(18)17-16-10-13-11(19-2)15-12(14-10)20-3/h4-7,17H,1-3H3,(H,13,14,15,16). The number of anilines is 1. The Kier molecular flexibility index (Phi) is 5.44. The van der Waals surface area contributed by atoms with Gasteiger partial charge >= 0.3 is 23.3 Å². The molecule has 0 spiro atoms. The summed E-state index contributed by atoms with van der Waals surface area (Å²) in [6.07, 6.45) is 0. The second-order valence-corrected chi connectivity index (χ2v) is 4.83. The maximum atomic E-state index is 11.8. The lowest BCUT2D eigenvalue weighted by molar-refractivity contribution is 0.341. The topological polar surface area (TPSA) is 107 Å². The van der Waals surface area contributed by atoms with Crippen LogP contribution in [0.15, 0.2) is 24.3 Å². The van der Waals surface area contributed by atoms with E-state index >= 15 is 0 Å². The van der Waals surface area contributed by atoms with Crippen molar-refractivity contribution in [2.45, 2.75) is 6.92 Å². The molecule has 2 rings (SSSR count). The zero-order valence-corrected chi connectivity index (χ0v) is 13.0. The molecule has 9 nitrogen and oxygen atoms in total. The fourth-order valence-corrected chi connectivity index (χ4v) is 1.93. The Hall–Kier alpha value is -2.46. The third kappa shape index (κ3) is 4.53. The number of aromatic nitrogens is 3. The molecule has 10 heteroatoms. The summed E-state index contributed by atoms with van der Waals surface area (Å²) in [5.74, 6) is 0.545. The van der Waals surface area contributed by atoms with E-state index < -0.39 is 11.3 Å². The SMILES string of the molecule is COc1nc(NNS(=O)Oc2cccc(C)c2)nc(OC)n1. The van der Waals surface area contributed by atoms with Gasteiger partial charge in [-0.25, -0.2) is 0 Å². The van der Waals surface area contributed by atoms with Gasteiger partial charge in [0.15, 0.2) is 0 Å². The summed E-state index contributed by atoms with van der Waals surface area (Å²) < 4.78 is 26.8. The van der Waals surface area contributed by atoms with Crippen LogP contribution >= 0.6 is 0 Å². The first-order valence-electron chi connectivity index (χ1n) is 6.13. The van der Waals surface area contributed by atoms with Gasteiger partial charge in [-0.05, 0) is 24.6 Å². The zero-order chi connectivity index (χ0) is 15.9. The van der Waals surface area contributed by atoms with Crippen LogP contribution in [0.2, 0.25) is 0 Å². The number of hydrazine groups is 1. The molecule has 0 saturated carbocycles. The number of aryl methyl sites for hydroxylation is 1. The Morgan fingerprint density at radius 3 is 2.36 bits per heavy atom. The summed E-state index contributed by atoms with van der Waals surface area (Å²) in [6, 6.07) is 7.28. The monoisotopic (exact) mass is 325 g/mol. The van der Waals surface area contributed by atoms with E-state index in [0.717, 1.165) is 5.56 Å². The minimum absolute atomic E-state index is 0.0570. The molecular formula is C12H15N5O4S. The first kappa shape index (κ1) is 15.9. The summed E-state index contributed by atoms with van der Waals surface area (Å²) in [5.41, 5.74) is 3.53. The van der Waals surface area contributed by atoms with E-state index in [4.69, 9.17) is 13.7 Å². The normalized spacial score (nSPS) is 11.6. The average Bonchev–Trinajstić information content (AvgIpc) is 2.52. The number of benzene rings is 1. The highest BCUT2D eigenvalue weighted by Gasteiger charge is 2.08. The predicted molar refractivity (Wildman–Crippen MR) is 79.6 cm³/mol. The first-order valence-corrected chi connectivity index (χ1v) is 7.20. The fourth-order valence-electron chi connectivity index (χ4n) is 1.44. The summed E-state index contributed by atoms with van der Waals surface area (Å²) in [4.78, 5) is 14.0. The molecule has 0 radical (unpaired) electrons. The van der Waals surface area contributed by atoms with E-state index in [-0.39, 0.29) is 18.0 Å². The highest BCUT2D eigenvalue weighted by atomic mass is 32.2. The largest absolute Gasteiger partial charge is 0.467 e. The first-order chi connectivity index (χ1) is 10.6. The van der Waals surface area contributed by atoms with Crippen molar-refractivity contribution in [1.29, 1.82) is 0 Å². The lowest BCUT2D eigenvalue weighted by atomic mass is 10.2. The van der Waals surface area contributed by atoms with E-state index in [9.17, 15) is 4.21 Å². The van der Waals surface area contributed by atoms with Crippen molar-refractivity contribution in [2.75, 3.05) is 19.6 Å². The summed E-state index contributed by atoms with van der Waals surface area (Å²) in [7, 11) is 2.82. The molecule has 1 aromatic heterocycles. The molecule has 118 valence electrons. The van der Waals surface area contributed by atoms with Gasteiger partial charge in [-0.2, -0.15) is 14.2 Å². The quantitative estimate of drug-likeness (QED) is 0.719. The molecule has 0 saturated heterocycles. The summed E-state index contributed by atoms with van der Waals surface area (Å²) in [5, 5.41) is 0. The lowest BCUT2D eigenvalue weighted by Crippen LogP contribution is -2.28. The average molecular weight is 325 g/mol. The minimum atomic E-state index is -1.84. The molecule has 1 unspecified atom stereocenters. The molecular weight excluding hydrogens is 310 g/mol. The van der Waals surface area contributed by atoms with Crippen LogP contribution in [0.5, 0.6) is 17.8 Å². The summed E-state index contributed by atoms with van der Waals surface area (Å²) >= 11 is -1.84. The number of rotatable bonds is 7. The molecule has 2 aromatic rings. The van der Waals surface area contributed by atoms with Crippen molar-refractivity contribution in [3.63, 3.8) is 0 Å². The maximum Gasteiger partial charge on any atom is 0.324 e. The van der Waals surface area contributed by atoms with Crippen molar-refractivity contribution in [3.05, 3.63) is 29.8 Å². The van der Waals surface area contributed by atoms with Gasteiger partial charge in [0.2, 0.25) is 5.95 Å². The Labute approximate surface area is 129 Å². The number of nitrogens with one attached hydrogen (secondary N) is 2. The Morgan fingerprint density at radius 1 is 1.09 bits per heavy atom. The molecule has 1 atom stereocenters. The number of hydrogen-bond acceptors (Lipinski definition) is 8. The van der Waals surface area contributed by atoms with Gasteiger partial charge in [-0.1, -0.05) is 12.1 Å². The van der Waals surface area contributed by atoms with Crippen LogP contribution in [-0.2, 0) is 11.3 Å². The number of methoxy groups -OCH3 is 2. The Morgan fingerprint density at radius 2 is 1.77 bits per heavy atom. The van der Waals surface area contributed by atoms with Crippen molar-refractivity contribution in [2.24, 2.45) is 0 Å². The van der Waals surface area contributed by atoms with E-state index in [1.54, 1.807) is 18.2 Å². The second-order valence-electron chi connectivity index (χ2n) is 3.99. The third-order valence-electron chi connectivity index (χ3n) is 2.37. The van der Waals surface area contributed by atoms with E-state index in [0.29, 0.717) is 5.75 Å². The molecule has 1 heterocycles. The molecule has 0 aliphatic rings. The smallest absolute Gasteiger partial charge is 0.324 e.